The SMILES string of the molecule is O=C(Nc1cccc([C@H]2SCC(=O)N2c2cccc(F)c2)c1)c1ccccc1F. The van der Waals surface area contributed by atoms with E-state index >= 15 is 0 Å². The predicted molar refractivity (Wildman–Crippen MR) is 110 cm³/mol. The molecule has 1 fully saturated rings. The van der Waals surface area contributed by atoms with Crippen molar-refractivity contribution in [3.05, 3.63) is 95.6 Å². The number of hydrogen-bond donors (Lipinski definition) is 1. The van der Waals surface area contributed by atoms with Crippen LogP contribution < -0.4 is 10.2 Å². The fourth-order valence-corrected chi connectivity index (χ4v) is 4.36. The molecule has 3 aromatic carbocycles. The number of carbonyl (C=O) groups excluding carboxylic acids is 2. The van der Waals surface area contributed by atoms with Crippen molar-refractivity contribution >= 4 is 35.0 Å². The number of carbonyl (C=O) groups is 2. The minimum atomic E-state index is -0.602. The molecular weight excluding hydrogens is 394 g/mol. The average Bonchev–Trinajstić information content (AvgIpc) is 3.10. The zero-order chi connectivity index (χ0) is 20.4. The summed E-state index contributed by atoms with van der Waals surface area (Å²) in [5, 5.41) is 2.33. The van der Waals surface area contributed by atoms with Gasteiger partial charge in [-0.05, 0) is 48.0 Å². The summed E-state index contributed by atoms with van der Waals surface area (Å²) >= 11 is 1.42. The van der Waals surface area contributed by atoms with E-state index in [1.54, 1.807) is 41.3 Å². The Kier molecular flexibility index (Phi) is 5.31. The largest absolute Gasteiger partial charge is 0.322 e. The highest BCUT2D eigenvalue weighted by molar-refractivity contribution is 8.00. The number of halogens is 2. The highest BCUT2D eigenvalue weighted by atomic mass is 32.2. The molecule has 4 nitrogen and oxygen atoms in total. The summed E-state index contributed by atoms with van der Waals surface area (Å²) < 4.78 is 27.5. The summed E-state index contributed by atoms with van der Waals surface area (Å²) in [4.78, 5) is 26.4. The molecule has 29 heavy (non-hydrogen) atoms. The molecule has 0 spiro atoms. The second-order valence-electron chi connectivity index (χ2n) is 6.47. The van der Waals surface area contributed by atoms with E-state index in [0.29, 0.717) is 11.4 Å². The molecule has 1 aliphatic heterocycles. The molecule has 0 radical (unpaired) electrons. The van der Waals surface area contributed by atoms with Crippen molar-refractivity contribution in [3.63, 3.8) is 0 Å². The summed E-state index contributed by atoms with van der Waals surface area (Å²) in [7, 11) is 0. The zero-order valence-electron chi connectivity index (χ0n) is 15.1. The maximum atomic E-state index is 13.8. The highest BCUT2D eigenvalue weighted by Crippen LogP contribution is 2.42. The molecule has 0 saturated carbocycles. The number of nitrogens with zero attached hydrogens (tertiary/aromatic N) is 1. The molecular formula is C22H16F2N2O2S. The van der Waals surface area contributed by atoms with Crippen molar-refractivity contribution in [1.82, 2.24) is 0 Å². The first-order valence-corrected chi connectivity index (χ1v) is 9.93. The van der Waals surface area contributed by atoms with Crippen LogP contribution in [0.2, 0.25) is 0 Å². The summed E-state index contributed by atoms with van der Waals surface area (Å²) in [6, 6.07) is 18.6. The Morgan fingerprint density at radius 2 is 1.79 bits per heavy atom. The van der Waals surface area contributed by atoms with Crippen LogP contribution in [0.1, 0.15) is 21.3 Å². The molecule has 1 saturated heterocycles. The summed E-state index contributed by atoms with van der Waals surface area (Å²) in [5.41, 5.74) is 1.68. The molecule has 0 bridgehead atoms. The van der Waals surface area contributed by atoms with Crippen LogP contribution >= 0.6 is 11.8 Å². The second-order valence-corrected chi connectivity index (χ2v) is 7.53. The fourth-order valence-electron chi connectivity index (χ4n) is 3.19. The van der Waals surface area contributed by atoms with Crippen LogP contribution in [0.25, 0.3) is 0 Å². The third kappa shape index (κ3) is 4.00. The van der Waals surface area contributed by atoms with Crippen LogP contribution in [-0.2, 0) is 4.79 Å². The van der Waals surface area contributed by atoms with Gasteiger partial charge in [0.05, 0.1) is 11.3 Å². The minimum absolute atomic E-state index is 0.0512. The minimum Gasteiger partial charge on any atom is -0.322 e. The number of anilines is 2. The number of benzene rings is 3. The molecule has 1 aliphatic rings. The van der Waals surface area contributed by atoms with Gasteiger partial charge in [-0.3, -0.25) is 14.5 Å². The molecule has 7 heteroatoms. The van der Waals surface area contributed by atoms with Crippen molar-refractivity contribution < 1.29 is 18.4 Å². The first-order chi connectivity index (χ1) is 14.0. The van der Waals surface area contributed by atoms with Crippen molar-refractivity contribution in [2.24, 2.45) is 0 Å². The fraction of sp³-hybridized carbons (Fsp3) is 0.0909. The summed E-state index contributed by atoms with van der Waals surface area (Å²) in [6.45, 7) is 0. The van der Waals surface area contributed by atoms with Crippen molar-refractivity contribution in [1.29, 1.82) is 0 Å². The van der Waals surface area contributed by atoms with Gasteiger partial charge >= 0.3 is 0 Å². The Morgan fingerprint density at radius 3 is 2.59 bits per heavy atom. The van der Waals surface area contributed by atoms with Crippen LogP contribution in [0.4, 0.5) is 20.2 Å². The van der Waals surface area contributed by atoms with Crippen molar-refractivity contribution in [2.45, 2.75) is 5.37 Å². The van der Waals surface area contributed by atoms with Crippen LogP contribution in [0, 0.1) is 11.6 Å². The van der Waals surface area contributed by atoms with E-state index < -0.39 is 17.5 Å². The molecule has 2 amide bonds. The van der Waals surface area contributed by atoms with Gasteiger partial charge in [0.1, 0.15) is 17.0 Å². The topological polar surface area (TPSA) is 49.4 Å². The Labute approximate surface area is 170 Å². The molecule has 0 aromatic heterocycles. The maximum absolute atomic E-state index is 13.8. The van der Waals surface area contributed by atoms with Crippen LogP contribution in [0.3, 0.4) is 0 Å². The molecule has 1 atom stereocenters. The Balaban J connectivity index is 1.60. The summed E-state index contributed by atoms with van der Waals surface area (Å²) in [5.74, 6) is -1.43. The molecule has 4 rings (SSSR count). The number of rotatable bonds is 4. The smallest absolute Gasteiger partial charge is 0.258 e. The van der Waals surface area contributed by atoms with Crippen LogP contribution in [-0.4, -0.2) is 17.6 Å². The van der Waals surface area contributed by atoms with E-state index in [9.17, 15) is 18.4 Å². The Morgan fingerprint density at radius 1 is 1.00 bits per heavy atom. The van der Waals surface area contributed by atoms with Gasteiger partial charge < -0.3 is 5.32 Å². The number of amides is 2. The van der Waals surface area contributed by atoms with E-state index in [1.165, 1.54) is 42.1 Å². The van der Waals surface area contributed by atoms with Gasteiger partial charge in [0.2, 0.25) is 5.91 Å². The van der Waals surface area contributed by atoms with Gasteiger partial charge in [-0.25, -0.2) is 8.78 Å². The van der Waals surface area contributed by atoms with Gasteiger partial charge in [-0.1, -0.05) is 30.3 Å². The van der Waals surface area contributed by atoms with Crippen LogP contribution in [0.15, 0.2) is 72.8 Å². The maximum Gasteiger partial charge on any atom is 0.258 e. The quantitative estimate of drug-likeness (QED) is 0.659. The van der Waals surface area contributed by atoms with E-state index in [-0.39, 0.29) is 22.6 Å². The lowest BCUT2D eigenvalue weighted by Gasteiger charge is -2.24. The highest BCUT2D eigenvalue weighted by Gasteiger charge is 2.34. The molecule has 1 N–H and O–H groups in total. The van der Waals surface area contributed by atoms with Gasteiger partial charge in [0, 0.05) is 11.4 Å². The lowest BCUT2D eigenvalue weighted by atomic mass is 10.1. The third-order valence-electron chi connectivity index (χ3n) is 4.50. The standard InChI is InChI=1S/C22H16F2N2O2S/c23-15-6-4-8-17(12-15)26-20(27)13-29-22(26)14-5-3-7-16(11-14)25-21(28)18-9-1-2-10-19(18)24/h1-12,22H,13H2,(H,25,28)/t22-/m1/s1. The van der Waals surface area contributed by atoms with Crippen molar-refractivity contribution in [3.8, 4) is 0 Å². The van der Waals surface area contributed by atoms with E-state index in [2.05, 4.69) is 5.32 Å². The van der Waals surface area contributed by atoms with Gasteiger partial charge in [0.15, 0.2) is 0 Å². The van der Waals surface area contributed by atoms with Gasteiger partial charge in [0.25, 0.3) is 5.91 Å². The third-order valence-corrected chi connectivity index (χ3v) is 5.71. The predicted octanol–water partition coefficient (Wildman–Crippen LogP) is 5.00. The number of hydrogen-bond acceptors (Lipinski definition) is 3. The first kappa shape index (κ1) is 19.1. The Bertz CT molecular complexity index is 1090. The second kappa shape index (κ2) is 8.05. The lowest BCUT2D eigenvalue weighted by molar-refractivity contribution is -0.115. The zero-order valence-corrected chi connectivity index (χ0v) is 16.0. The molecule has 3 aromatic rings. The molecule has 0 unspecified atom stereocenters. The van der Waals surface area contributed by atoms with E-state index in [1.807, 2.05) is 6.07 Å². The average molecular weight is 410 g/mol. The molecule has 146 valence electrons. The first-order valence-electron chi connectivity index (χ1n) is 8.88. The van der Waals surface area contributed by atoms with Crippen LogP contribution in [0.5, 0.6) is 0 Å². The monoisotopic (exact) mass is 410 g/mol. The van der Waals surface area contributed by atoms with Gasteiger partial charge in [-0.15, -0.1) is 11.8 Å². The Hall–Kier alpha value is -3.19. The molecule has 0 aliphatic carbocycles. The normalized spacial score (nSPS) is 16.1. The van der Waals surface area contributed by atoms with Gasteiger partial charge in [-0.2, -0.15) is 0 Å². The number of thioether (sulfide) groups is 1. The lowest BCUT2D eigenvalue weighted by Crippen LogP contribution is -2.28. The van der Waals surface area contributed by atoms with E-state index in [4.69, 9.17) is 0 Å². The number of nitrogens with one attached hydrogen (secondary N) is 1. The van der Waals surface area contributed by atoms with Crippen molar-refractivity contribution in [2.75, 3.05) is 16.0 Å². The molecule has 1 heterocycles. The summed E-state index contributed by atoms with van der Waals surface area (Å²) in [6.07, 6.45) is 0. The van der Waals surface area contributed by atoms with E-state index in [0.717, 1.165) is 5.56 Å².